The van der Waals surface area contributed by atoms with Crippen LogP contribution in [0.3, 0.4) is 0 Å². The molecule has 1 amide bonds. The minimum Gasteiger partial charge on any atom is -0.378 e. The van der Waals surface area contributed by atoms with Gasteiger partial charge in [0.15, 0.2) is 0 Å². The average molecular weight is 329 g/mol. The Morgan fingerprint density at radius 3 is 2.88 bits per heavy atom. The number of nitrogens with zero attached hydrogens (tertiary/aromatic N) is 4. The Balaban J connectivity index is 1.52. The van der Waals surface area contributed by atoms with Gasteiger partial charge in [0.05, 0.1) is 6.10 Å². The van der Waals surface area contributed by atoms with Gasteiger partial charge in [0, 0.05) is 29.5 Å². The molecular weight excluding hydrogens is 306 g/mol. The molecule has 0 bridgehead atoms. The maximum absolute atomic E-state index is 12.6. The molecule has 2 heterocycles. The van der Waals surface area contributed by atoms with Crippen LogP contribution in [0.25, 0.3) is 5.78 Å². The molecular formula is C17H23N5O2. The molecule has 2 aliphatic carbocycles. The molecule has 2 atom stereocenters. The summed E-state index contributed by atoms with van der Waals surface area (Å²) in [4.78, 5) is 21.2. The number of nitrogens with one attached hydrogen (secondary N) is 1. The van der Waals surface area contributed by atoms with Crippen molar-refractivity contribution in [3.05, 3.63) is 23.3 Å². The number of ether oxygens (including phenoxy) is 1. The van der Waals surface area contributed by atoms with Crippen molar-refractivity contribution >= 4 is 11.7 Å². The van der Waals surface area contributed by atoms with E-state index in [1.807, 2.05) is 26.8 Å². The Morgan fingerprint density at radius 2 is 2.21 bits per heavy atom. The average Bonchev–Trinajstić information content (AvgIpc) is 2.88. The van der Waals surface area contributed by atoms with Gasteiger partial charge in [0.1, 0.15) is 0 Å². The van der Waals surface area contributed by atoms with E-state index in [-0.39, 0.29) is 29.3 Å². The lowest BCUT2D eigenvalue weighted by Crippen LogP contribution is -2.67. The lowest BCUT2D eigenvalue weighted by Gasteiger charge is -2.60. The molecule has 2 fully saturated rings. The summed E-state index contributed by atoms with van der Waals surface area (Å²) >= 11 is 0. The summed E-state index contributed by atoms with van der Waals surface area (Å²) < 4.78 is 7.45. The minimum atomic E-state index is -0.219. The third-order valence-electron chi connectivity index (χ3n) is 5.56. The van der Waals surface area contributed by atoms with E-state index in [1.54, 1.807) is 4.52 Å². The second-order valence-corrected chi connectivity index (χ2v) is 6.98. The highest BCUT2D eigenvalue weighted by Gasteiger charge is 2.59. The van der Waals surface area contributed by atoms with Gasteiger partial charge >= 0.3 is 0 Å². The number of aromatic nitrogens is 4. The zero-order chi connectivity index (χ0) is 16.9. The molecule has 2 aromatic rings. The Hall–Kier alpha value is -2.02. The van der Waals surface area contributed by atoms with Gasteiger partial charge in [-0.3, -0.25) is 4.79 Å². The predicted octanol–water partition coefficient (Wildman–Crippen LogP) is 1.82. The molecule has 1 N–H and O–H groups in total. The van der Waals surface area contributed by atoms with E-state index < -0.39 is 0 Å². The van der Waals surface area contributed by atoms with Crippen LogP contribution in [0.2, 0.25) is 0 Å². The van der Waals surface area contributed by atoms with Gasteiger partial charge in [-0.25, -0.2) is 9.50 Å². The molecule has 4 rings (SSSR count). The van der Waals surface area contributed by atoms with E-state index in [0.29, 0.717) is 5.78 Å². The standard InChI is InChI=1S/C17H23N5O2/c1-4-24-13-9-12(17(13)6-5-7-17)19-15(23)14-20-16-18-10(2)8-11(3)22(16)21-14/h8,12-13H,4-7,9H2,1-3H3,(H,19,23). The highest BCUT2D eigenvalue weighted by atomic mass is 16.5. The first kappa shape index (κ1) is 15.5. The second kappa shape index (κ2) is 5.51. The van der Waals surface area contributed by atoms with Crippen LogP contribution in [0.4, 0.5) is 0 Å². The van der Waals surface area contributed by atoms with Gasteiger partial charge < -0.3 is 10.1 Å². The topological polar surface area (TPSA) is 81.4 Å². The number of fused-ring (bicyclic) bond motifs is 1. The third-order valence-corrected chi connectivity index (χ3v) is 5.56. The molecule has 24 heavy (non-hydrogen) atoms. The first-order valence-electron chi connectivity index (χ1n) is 8.67. The van der Waals surface area contributed by atoms with Crippen molar-refractivity contribution in [3.63, 3.8) is 0 Å². The summed E-state index contributed by atoms with van der Waals surface area (Å²) in [5.74, 6) is 0.436. The summed E-state index contributed by atoms with van der Waals surface area (Å²) in [5, 5.41) is 7.44. The molecule has 1 spiro atoms. The Labute approximate surface area is 140 Å². The largest absolute Gasteiger partial charge is 0.378 e. The zero-order valence-corrected chi connectivity index (χ0v) is 14.4. The van der Waals surface area contributed by atoms with Crippen molar-refractivity contribution in [2.24, 2.45) is 5.41 Å². The second-order valence-electron chi connectivity index (χ2n) is 6.98. The molecule has 2 unspecified atom stereocenters. The predicted molar refractivity (Wildman–Crippen MR) is 87.8 cm³/mol. The molecule has 0 saturated heterocycles. The molecule has 7 heteroatoms. The van der Waals surface area contributed by atoms with Gasteiger partial charge in [-0.15, -0.1) is 5.10 Å². The Kier molecular flexibility index (Phi) is 3.56. The van der Waals surface area contributed by atoms with Crippen molar-refractivity contribution < 1.29 is 9.53 Å². The SMILES string of the molecule is CCOC1CC(NC(=O)c2nc3nc(C)cc(C)n3n2)C12CCC2. The minimum absolute atomic E-state index is 0.135. The normalized spacial score (nSPS) is 24.6. The van der Waals surface area contributed by atoms with Crippen LogP contribution in [0.1, 0.15) is 54.6 Å². The molecule has 2 aliphatic rings. The fourth-order valence-electron chi connectivity index (χ4n) is 4.13. The number of hydrogen-bond donors (Lipinski definition) is 1. The van der Waals surface area contributed by atoms with Gasteiger partial charge in [-0.2, -0.15) is 4.98 Å². The summed E-state index contributed by atoms with van der Waals surface area (Å²) in [6.07, 6.45) is 4.62. The summed E-state index contributed by atoms with van der Waals surface area (Å²) in [6.45, 7) is 6.59. The Morgan fingerprint density at radius 1 is 1.42 bits per heavy atom. The number of hydrogen-bond acceptors (Lipinski definition) is 5. The number of carbonyl (C=O) groups excluding carboxylic acids is 1. The lowest BCUT2D eigenvalue weighted by atomic mass is 9.51. The van der Waals surface area contributed by atoms with E-state index >= 15 is 0 Å². The monoisotopic (exact) mass is 329 g/mol. The van der Waals surface area contributed by atoms with Gasteiger partial charge in [-0.05, 0) is 46.1 Å². The lowest BCUT2D eigenvalue weighted by molar-refractivity contribution is -0.169. The van der Waals surface area contributed by atoms with Crippen molar-refractivity contribution in [1.82, 2.24) is 24.9 Å². The highest BCUT2D eigenvalue weighted by molar-refractivity contribution is 5.91. The van der Waals surface area contributed by atoms with Gasteiger partial charge in [-0.1, -0.05) is 6.42 Å². The first-order valence-corrected chi connectivity index (χ1v) is 8.67. The Bertz CT molecular complexity index is 796. The van der Waals surface area contributed by atoms with E-state index in [9.17, 15) is 4.79 Å². The molecule has 0 radical (unpaired) electrons. The quantitative estimate of drug-likeness (QED) is 0.925. The van der Waals surface area contributed by atoms with Crippen LogP contribution >= 0.6 is 0 Å². The fourth-order valence-corrected chi connectivity index (χ4v) is 4.13. The van der Waals surface area contributed by atoms with E-state index in [1.165, 1.54) is 6.42 Å². The molecule has 2 aromatic heterocycles. The number of carbonyl (C=O) groups is 1. The van der Waals surface area contributed by atoms with Gasteiger partial charge in [0.25, 0.3) is 11.7 Å². The molecule has 2 saturated carbocycles. The first-order chi connectivity index (χ1) is 11.5. The molecule has 0 aliphatic heterocycles. The number of aryl methyl sites for hydroxylation is 2. The van der Waals surface area contributed by atoms with Gasteiger partial charge in [0.2, 0.25) is 5.82 Å². The molecule has 7 nitrogen and oxygen atoms in total. The van der Waals surface area contributed by atoms with E-state index in [4.69, 9.17) is 4.74 Å². The number of rotatable bonds is 4. The van der Waals surface area contributed by atoms with Crippen LogP contribution in [0, 0.1) is 19.3 Å². The molecule has 128 valence electrons. The van der Waals surface area contributed by atoms with Crippen molar-refractivity contribution in [2.75, 3.05) is 6.61 Å². The fraction of sp³-hybridized carbons (Fsp3) is 0.647. The summed E-state index contributed by atoms with van der Waals surface area (Å²) in [5.41, 5.74) is 1.92. The van der Waals surface area contributed by atoms with Crippen LogP contribution in [-0.4, -0.2) is 44.2 Å². The van der Waals surface area contributed by atoms with E-state index in [0.717, 1.165) is 37.3 Å². The van der Waals surface area contributed by atoms with Crippen molar-refractivity contribution in [1.29, 1.82) is 0 Å². The van der Waals surface area contributed by atoms with E-state index in [2.05, 4.69) is 20.4 Å². The maximum atomic E-state index is 12.6. The van der Waals surface area contributed by atoms with Crippen molar-refractivity contribution in [2.45, 2.75) is 58.6 Å². The summed E-state index contributed by atoms with van der Waals surface area (Å²) in [7, 11) is 0. The molecule has 0 aromatic carbocycles. The third kappa shape index (κ3) is 2.22. The van der Waals surface area contributed by atoms with Crippen LogP contribution in [0.15, 0.2) is 6.07 Å². The van der Waals surface area contributed by atoms with Crippen molar-refractivity contribution in [3.8, 4) is 0 Å². The van der Waals surface area contributed by atoms with Crippen LogP contribution < -0.4 is 5.32 Å². The zero-order valence-electron chi connectivity index (χ0n) is 14.4. The summed E-state index contributed by atoms with van der Waals surface area (Å²) in [6, 6.07) is 2.09. The number of amides is 1. The maximum Gasteiger partial charge on any atom is 0.291 e. The smallest absolute Gasteiger partial charge is 0.291 e. The van der Waals surface area contributed by atoms with Crippen LogP contribution in [-0.2, 0) is 4.74 Å². The highest BCUT2D eigenvalue weighted by Crippen LogP contribution is 2.57. The van der Waals surface area contributed by atoms with Crippen LogP contribution in [0.5, 0.6) is 0 Å².